The molecule has 2 aromatic rings. The maximum Gasteiger partial charge on any atom is 0.258 e. The molecule has 0 radical (unpaired) electrons. The predicted molar refractivity (Wildman–Crippen MR) is 144 cm³/mol. The number of carbonyl (C=O) groups excluding carboxylic acids is 4. The first-order chi connectivity index (χ1) is 17.9. The molecule has 0 atom stereocenters. The molecule has 0 saturated carbocycles. The largest absolute Gasteiger partial charge is 0.388 e. The van der Waals surface area contributed by atoms with Crippen LogP contribution in [0.2, 0.25) is 0 Å². The number of benzene rings is 2. The van der Waals surface area contributed by atoms with Crippen molar-refractivity contribution < 1.29 is 28.8 Å². The number of hydrogen-bond donors (Lipinski definition) is 2. The number of anilines is 1. The van der Waals surface area contributed by atoms with Crippen molar-refractivity contribution in [2.24, 2.45) is 5.92 Å². The van der Waals surface area contributed by atoms with Gasteiger partial charge in [-0.25, -0.2) is 5.48 Å². The lowest BCUT2D eigenvalue weighted by atomic mass is 9.97. The third-order valence-corrected chi connectivity index (χ3v) is 5.17. The lowest BCUT2D eigenvalue weighted by molar-refractivity contribution is -0.129. The summed E-state index contributed by atoms with van der Waals surface area (Å²) in [5.74, 6) is 0.517. The molecule has 0 aromatic heterocycles. The molecule has 2 N–H and O–H groups in total. The number of ether oxygens (including phenoxy) is 1. The van der Waals surface area contributed by atoms with E-state index in [-0.39, 0.29) is 5.91 Å². The van der Waals surface area contributed by atoms with E-state index in [1.807, 2.05) is 38.2 Å². The van der Waals surface area contributed by atoms with Gasteiger partial charge in [0.25, 0.3) is 5.91 Å². The Hall–Kier alpha value is -4.08. The summed E-state index contributed by atoms with van der Waals surface area (Å²) in [5, 5.41) is 3.11. The number of aldehydes is 2. The van der Waals surface area contributed by atoms with E-state index >= 15 is 0 Å². The molecular weight excluding hydrogens is 474 g/mol. The van der Waals surface area contributed by atoms with Gasteiger partial charge in [0, 0.05) is 29.9 Å². The molecule has 0 bridgehead atoms. The van der Waals surface area contributed by atoms with Gasteiger partial charge < -0.3 is 19.7 Å². The summed E-state index contributed by atoms with van der Waals surface area (Å²) in [6, 6.07) is 14.2. The molecule has 9 heteroatoms. The Balaban J connectivity index is 0.000000353. The molecule has 2 amide bonds. The third kappa shape index (κ3) is 9.83. The maximum atomic E-state index is 12.4. The first kappa shape index (κ1) is 31.0. The van der Waals surface area contributed by atoms with E-state index in [2.05, 4.69) is 47.0 Å². The van der Waals surface area contributed by atoms with Gasteiger partial charge in [0.15, 0.2) is 0 Å². The molecule has 2 aliphatic heterocycles. The number of nitrogens with one attached hydrogen (secondary N) is 2. The fraction of sp³-hybridized carbons (Fsp3) is 0.286. The molecule has 2 aromatic carbocycles. The van der Waals surface area contributed by atoms with Gasteiger partial charge in [-0.1, -0.05) is 37.4 Å². The zero-order chi connectivity index (χ0) is 27.6. The summed E-state index contributed by atoms with van der Waals surface area (Å²) in [4.78, 5) is 46.3. The zero-order valence-electron chi connectivity index (χ0n) is 21.6. The van der Waals surface area contributed by atoms with Gasteiger partial charge in [-0.2, -0.15) is 0 Å². The number of hydrogen-bond acceptors (Lipinski definition) is 7. The van der Waals surface area contributed by atoms with Crippen LogP contribution in [0.3, 0.4) is 0 Å². The van der Waals surface area contributed by atoms with Crippen molar-refractivity contribution in [3.05, 3.63) is 78.5 Å². The van der Waals surface area contributed by atoms with Crippen LogP contribution in [0.15, 0.2) is 67.4 Å². The monoisotopic (exact) mass is 509 g/mol. The van der Waals surface area contributed by atoms with E-state index in [9.17, 15) is 9.59 Å². The van der Waals surface area contributed by atoms with Crippen LogP contribution in [-0.2, 0) is 30.5 Å². The van der Waals surface area contributed by atoms with Crippen molar-refractivity contribution in [2.45, 2.75) is 20.4 Å². The standard InChI is InChI=1S/C18H18N2O.C5H9NO3.C3H4O.C2H4O/c1-12(2)20-11-17-15(5-4-6-16(17)18(20)21)13-7-9-14(19-3)10-8-13;7-4-6-9-3-5-1-8-2-5;1-2-3-4;1-2-3/h4-10,19H,1,11H2,2-3H3;4-5H,1-3H2,(H,6,7);2-3H,1H2;2H,1H3. The molecule has 2 heterocycles. The average molecular weight is 510 g/mol. The van der Waals surface area contributed by atoms with Crippen molar-refractivity contribution in [3.8, 4) is 11.1 Å². The van der Waals surface area contributed by atoms with Gasteiger partial charge in [0.05, 0.1) is 26.4 Å². The summed E-state index contributed by atoms with van der Waals surface area (Å²) < 4.78 is 4.87. The molecule has 0 spiro atoms. The Labute approximate surface area is 218 Å². The fourth-order valence-electron chi connectivity index (χ4n) is 3.31. The van der Waals surface area contributed by atoms with E-state index in [0.29, 0.717) is 31.8 Å². The molecule has 0 aliphatic carbocycles. The molecule has 4 rings (SSSR count). The average Bonchev–Trinajstić information content (AvgIpc) is 3.23. The third-order valence-electron chi connectivity index (χ3n) is 5.17. The summed E-state index contributed by atoms with van der Waals surface area (Å²) in [7, 11) is 1.90. The van der Waals surface area contributed by atoms with Gasteiger partial charge in [-0.3, -0.25) is 19.2 Å². The van der Waals surface area contributed by atoms with Crippen LogP contribution in [0.5, 0.6) is 0 Å². The number of fused-ring (bicyclic) bond motifs is 1. The smallest absolute Gasteiger partial charge is 0.258 e. The molecule has 0 unspecified atom stereocenters. The summed E-state index contributed by atoms with van der Waals surface area (Å²) in [6.07, 6.45) is 3.10. The lowest BCUT2D eigenvalue weighted by Crippen LogP contribution is -2.33. The number of nitrogens with zero attached hydrogens (tertiary/aromatic N) is 1. The van der Waals surface area contributed by atoms with Crippen LogP contribution in [0.4, 0.5) is 5.69 Å². The van der Waals surface area contributed by atoms with Crippen molar-refractivity contribution >= 4 is 30.6 Å². The molecule has 1 saturated heterocycles. The topological polar surface area (TPSA) is 114 Å². The first-order valence-electron chi connectivity index (χ1n) is 11.6. The summed E-state index contributed by atoms with van der Waals surface area (Å²) in [6.45, 7) is 13.0. The van der Waals surface area contributed by atoms with E-state index < -0.39 is 0 Å². The van der Waals surface area contributed by atoms with Crippen LogP contribution in [-0.4, -0.2) is 56.7 Å². The molecular formula is C28H35N3O6. The Morgan fingerprint density at radius 1 is 1.14 bits per heavy atom. The van der Waals surface area contributed by atoms with Crippen molar-refractivity contribution in [2.75, 3.05) is 32.2 Å². The van der Waals surface area contributed by atoms with Crippen molar-refractivity contribution in [1.82, 2.24) is 10.4 Å². The Morgan fingerprint density at radius 3 is 2.19 bits per heavy atom. The van der Waals surface area contributed by atoms with Gasteiger partial charge in [0.1, 0.15) is 12.6 Å². The highest BCUT2D eigenvalue weighted by Crippen LogP contribution is 2.34. The Bertz CT molecular complexity index is 1040. The highest BCUT2D eigenvalue weighted by Gasteiger charge is 2.29. The van der Waals surface area contributed by atoms with E-state index in [1.165, 1.54) is 13.0 Å². The highest BCUT2D eigenvalue weighted by atomic mass is 16.7. The second-order valence-corrected chi connectivity index (χ2v) is 7.84. The first-order valence-corrected chi connectivity index (χ1v) is 11.6. The summed E-state index contributed by atoms with van der Waals surface area (Å²) >= 11 is 0. The lowest BCUT2D eigenvalue weighted by Gasteiger charge is -2.24. The second kappa shape index (κ2) is 17.4. The number of allylic oxidation sites excluding steroid dienone is 2. The maximum absolute atomic E-state index is 12.4. The molecule has 198 valence electrons. The van der Waals surface area contributed by atoms with Crippen LogP contribution in [0.25, 0.3) is 11.1 Å². The number of amides is 2. The van der Waals surface area contributed by atoms with Crippen molar-refractivity contribution in [1.29, 1.82) is 0 Å². The van der Waals surface area contributed by atoms with Crippen LogP contribution < -0.4 is 10.8 Å². The minimum absolute atomic E-state index is 0.0474. The van der Waals surface area contributed by atoms with E-state index in [0.717, 1.165) is 53.1 Å². The van der Waals surface area contributed by atoms with E-state index in [1.54, 1.807) is 4.90 Å². The van der Waals surface area contributed by atoms with Crippen molar-refractivity contribution in [3.63, 3.8) is 0 Å². The fourth-order valence-corrected chi connectivity index (χ4v) is 3.31. The second-order valence-electron chi connectivity index (χ2n) is 7.84. The Kier molecular flexibility index (Phi) is 14.5. The van der Waals surface area contributed by atoms with Crippen LogP contribution in [0, 0.1) is 5.92 Å². The SMILES string of the molecule is C=C(C)N1Cc2c(cccc2-c2ccc(NC)cc2)C1=O.C=CC=O.CC=O.O=CNOCC1COC1. The summed E-state index contributed by atoms with van der Waals surface area (Å²) in [5.41, 5.74) is 8.09. The van der Waals surface area contributed by atoms with E-state index in [4.69, 9.17) is 14.3 Å². The van der Waals surface area contributed by atoms with Gasteiger partial charge in [-0.15, -0.1) is 0 Å². The minimum atomic E-state index is 0.0474. The van der Waals surface area contributed by atoms with Gasteiger partial charge >= 0.3 is 0 Å². The van der Waals surface area contributed by atoms with Crippen LogP contribution >= 0.6 is 0 Å². The zero-order valence-corrected chi connectivity index (χ0v) is 21.6. The number of hydroxylamine groups is 1. The van der Waals surface area contributed by atoms with Gasteiger partial charge in [0.2, 0.25) is 6.41 Å². The number of rotatable bonds is 8. The molecule has 1 fully saturated rings. The number of carbonyl (C=O) groups is 4. The predicted octanol–water partition coefficient (Wildman–Crippen LogP) is 3.77. The Morgan fingerprint density at radius 2 is 1.73 bits per heavy atom. The minimum Gasteiger partial charge on any atom is -0.388 e. The highest BCUT2D eigenvalue weighted by molar-refractivity contribution is 6.01. The molecule has 9 nitrogen and oxygen atoms in total. The van der Waals surface area contributed by atoms with Gasteiger partial charge in [-0.05, 0) is 54.8 Å². The quantitative estimate of drug-likeness (QED) is 0.241. The molecule has 37 heavy (non-hydrogen) atoms. The normalized spacial score (nSPS) is 12.9. The molecule has 2 aliphatic rings. The van der Waals surface area contributed by atoms with Crippen LogP contribution in [0.1, 0.15) is 29.8 Å².